The Kier molecular flexibility index (Phi) is 5.40. The summed E-state index contributed by atoms with van der Waals surface area (Å²) >= 11 is 0. The molecule has 1 aromatic carbocycles. The van der Waals surface area contributed by atoms with Gasteiger partial charge in [-0.15, -0.1) is 0 Å². The maximum absolute atomic E-state index is 13.7. The van der Waals surface area contributed by atoms with Crippen LogP contribution >= 0.6 is 0 Å². The molecule has 0 atom stereocenters. The number of pyridine rings is 2. The molecule has 0 aliphatic heterocycles. The van der Waals surface area contributed by atoms with E-state index in [4.69, 9.17) is 9.47 Å². The Bertz CT molecular complexity index is 1360. The first-order valence-electron chi connectivity index (χ1n) is 10.5. The van der Waals surface area contributed by atoms with Crippen LogP contribution in [0.2, 0.25) is 0 Å². The number of benzene rings is 1. The first-order valence-corrected chi connectivity index (χ1v) is 10.5. The van der Waals surface area contributed by atoms with Crippen molar-refractivity contribution in [3.8, 4) is 11.5 Å². The van der Waals surface area contributed by atoms with Crippen molar-refractivity contribution in [3.05, 3.63) is 96.3 Å². The lowest BCUT2D eigenvalue weighted by Gasteiger charge is -2.23. The Balaban J connectivity index is 1.53. The van der Waals surface area contributed by atoms with Gasteiger partial charge in [0.25, 0.3) is 5.91 Å². The van der Waals surface area contributed by atoms with Gasteiger partial charge in [0.1, 0.15) is 11.3 Å². The van der Waals surface area contributed by atoms with Crippen LogP contribution in [0.3, 0.4) is 0 Å². The van der Waals surface area contributed by atoms with Crippen LogP contribution in [-0.4, -0.2) is 43.8 Å². The number of carbonyl (C=O) groups is 1. The number of hydrogen-bond donors (Lipinski definition) is 0. The molecule has 0 fully saturated rings. The molecule has 8 nitrogen and oxygen atoms in total. The first-order chi connectivity index (χ1) is 16.2. The van der Waals surface area contributed by atoms with Crippen molar-refractivity contribution in [1.29, 1.82) is 0 Å². The molecule has 0 unspecified atom stereocenters. The summed E-state index contributed by atoms with van der Waals surface area (Å²) in [6.07, 6.45) is 7.51. The molecule has 0 bridgehead atoms. The summed E-state index contributed by atoms with van der Waals surface area (Å²) in [6.45, 7) is 0.747. The molecule has 8 heteroatoms. The van der Waals surface area contributed by atoms with Crippen molar-refractivity contribution in [2.45, 2.75) is 13.1 Å². The van der Waals surface area contributed by atoms with E-state index in [1.165, 1.54) is 0 Å². The molecular weight excluding hydrogens is 418 g/mol. The number of amides is 1. The predicted molar refractivity (Wildman–Crippen MR) is 124 cm³/mol. The molecule has 0 radical (unpaired) electrons. The third kappa shape index (κ3) is 3.87. The van der Waals surface area contributed by atoms with Crippen molar-refractivity contribution in [2.24, 2.45) is 0 Å². The van der Waals surface area contributed by atoms with Gasteiger partial charge in [-0.3, -0.25) is 4.79 Å². The maximum Gasteiger partial charge on any atom is 0.254 e. The number of carbonyl (C=O) groups excluding carboxylic acids is 1. The summed E-state index contributed by atoms with van der Waals surface area (Å²) in [5.41, 5.74) is 4.00. The zero-order valence-corrected chi connectivity index (χ0v) is 18.4. The Morgan fingerprint density at radius 2 is 1.39 bits per heavy atom. The molecule has 4 aromatic heterocycles. The number of rotatable bonds is 7. The Morgan fingerprint density at radius 1 is 0.818 bits per heavy atom. The second-order valence-electron chi connectivity index (χ2n) is 7.59. The molecule has 0 saturated carbocycles. The van der Waals surface area contributed by atoms with Gasteiger partial charge >= 0.3 is 0 Å². The van der Waals surface area contributed by atoms with Gasteiger partial charge in [-0.25, -0.2) is 9.97 Å². The third-order valence-electron chi connectivity index (χ3n) is 5.61. The molecule has 5 aromatic rings. The van der Waals surface area contributed by atoms with Gasteiger partial charge in [0.05, 0.1) is 51.1 Å². The van der Waals surface area contributed by atoms with Crippen LogP contribution in [0.4, 0.5) is 0 Å². The highest BCUT2D eigenvalue weighted by Gasteiger charge is 2.21. The summed E-state index contributed by atoms with van der Waals surface area (Å²) in [5, 5.41) is 0. The van der Waals surface area contributed by atoms with E-state index in [0.717, 1.165) is 22.7 Å². The van der Waals surface area contributed by atoms with Crippen molar-refractivity contribution in [1.82, 2.24) is 23.7 Å². The standard InChI is InChI=1S/C25H23N5O3/c1-32-21-10-9-18(13-22(21)33-2)25(31)28(16-19-14-26-23-7-3-5-11-29(19)23)17-20-15-27-24-8-4-6-12-30(20)24/h3-15H,16-17H2,1-2H3. The average Bonchev–Trinajstić information content (AvgIpc) is 3.47. The monoisotopic (exact) mass is 441 g/mol. The summed E-state index contributed by atoms with van der Waals surface area (Å²) in [4.78, 5) is 24.4. The van der Waals surface area contributed by atoms with E-state index >= 15 is 0 Å². The SMILES string of the molecule is COc1ccc(C(=O)N(Cc2cnc3ccccn23)Cc2cnc3ccccn23)cc1OC. The summed E-state index contributed by atoms with van der Waals surface area (Å²) in [5.74, 6) is 0.949. The van der Waals surface area contributed by atoms with Crippen LogP contribution in [0, 0.1) is 0 Å². The number of hydrogen-bond acceptors (Lipinski definition) is 5. The van der Waals surface area contributed by atoms with Gasteiger partial charge in [-0.05, 0) is 42.5 Å². The van der Waals surface area contributed by atoms with Crippen molar-refractivity contribution < 1.29 is 14.3 Å². The fourth-order valence-corrected chi connectivity index (χ4v) is 3.95. The Labute approximate surface area is 190 Å². The van der Waals surface area contributed by atoms with E-state index < -0.39 is 0 Å². The fraction of sp³-hybridized carbons (Fsp3) is 0.160. The quantitative estimate of drug-likeness (QED) is 0.384. The molecule has 166 valence electrons. The predicted octanol–water partition coefficient (Wildman–Crippen LogP) is 3.84. The topological polar surface area (TPSA) is 73.4 Å². The number of methoxy groups -OCH3 is 2. The molecule has 33 heavy (non-hydrogen) atoms. The van der Waals surface area contributed by atoms with Gasteiger partial charge in [0.2, 0.25) is 0 Å². The lowest BCUT2D eigenvalue weighted by Crippen LogP contribution is -2.31. The second kappa shape index (κ2) is 8.66. The molecule has 0 saturated heterocycles. The highest BCUT2D eigenvalue weighted by Crippen LogP contribution is 2.28. The van der Waals surface area contributed by atoms with E-state index in [2.05, 4.69) is 9.97 Å². The summed E-state index contributed by atoms with van der Waals surface area (Å²) in [6, 6.07) is 16.9. The van der Waals surface area contributed by atoms with Crippen LogP contribution < -0.4 is 9.47 Å². The third-order valence-corrected chi connectivity index (χ3v) is 5.61. The largest absolute Gasteiger partial charge is 0.493 e. The number of nitrogens with zero attached hydrogens (tertiary/aromatic N) is 5. The van der Waals surface area contributed by atoms with Gasteiger partial charge in [-0.2, -0.15) is 0 Å². The van der Waals surface area contributed by atoms with E-state index in [-0.39, 0.29) is 5.91 Å². The van der Waals surface area contributed by atoms with Gasteiger partial charge < -0.3 is 23.2 Å². The van der Waals surface area contributed by atoms with Gasteiger partial charge in [-0.1, -0.05) is 12.1 Å². The van der Waals surface area contributed by atoms with Crippen LogP contribution in [0.1, 0.15) is 21.7 Å². The van der Waals surface area contributed by atoms with Gasteiger partial charge in [0, 0.05) is 18.0 Å². The molecule has 0 aliphatic rings. The van der Waals surface area contributed by atoms with E-state index in [9.17, 15) is 4.79 Å². The zero-order chi connectivity index (χ0) is 22.8. The normalized spacial score (nSPS) is 11.1. The van der Waals surface area contributed by atoms with E-state index in [0.29, 0.717) is 30.2 Å². The van der Waals surface area contributed by atoms with Crippen LogP contribution in [0.15, 0.2) is 79.4 Å². The number of imidazole rings is 2. The molecule has 4 heterocycles. The highest BCUT2D eigenvalue weighted by atomic mass is 16.5. The summed E-state index contributed by atoms with van der Waals surface area (Å²) < 4.78 is 14.7. The smallest absolute Gasteiger partial charge is 0.254 e. The van der Waals surface area contributed by atoms with Crippen molar-refractivity contribution in [2.75, 3.05) is 14.2 Å². The summed E-state index contributed by atoms with van der Waals surface area (Å²) in [7, 11) is 3.13. The molecule has 0 aliphatic carbocycles. The highest BCUT2D eigenvalue weighted by molar-refractivity contribution is 5.95. The van der Waals surface area contributed by atoms with Crippen LogP contribution in [0.5, 0.6) is 11.5 Å². The Morgan fingerprint density at radius 3 is 1.94 bits per heavy atom. The minimum Gasteiger partial charge on any atom is -0.493 e. The van der Waals surface area contributed by atoms with Crippen molar-refractivity contribution >= 4 is 17.2 Å². The lowest BCUT2D eigenvalue weighted by atomic mass is 10.1. The second-order valence-corrected chi connectivity index (χ2v) is 7.59. The molecule has 5 rings (SSSR count). The number of ether oxygens (including phenoxy) is 2. The number of fused-ring (bicyclic) bond motifs is 2. The minimum atomic E-state index is -0.132. The van der Waals surface area contributed by atoms with Crippen LogP contribution in [0.25, 0.3) is 11.3 Å². The zero-order valence-electron chi connectivity index (χ0n) is 18.4. The number of aromatic nitrogens is 4. The van der Waals surface area contributed by atoms with Crippen LogP contribution in [-0.2, 0) is 13.1 Å². The molecule has 0 N–H and O–H groups in total. The molecule has 1 amide bonds. The Hall–Kier alpha value is -4.33. The minimum absolute atomic E-state index is 0.132. The van der Waals surface area contributed by atoms with Gasteiger partial charge in [0.15, 0.2) is 11.5 Å². The van der Waals surface area contributed by atoms with E-state index in [1.807, 2.05) is 57.6 Å². The molecular formula is C25H23N5O3. The maximum atomic E-state index is 13.7. The average molecular weight is 441 g/mol. The van der Waals surface area contributed by atoms with Crippen molar-refractivity contribution in [3.63, 3.8) is 0 Å². The van der Waals surface area contributed by atoms with E-state index in [1.54, 1.807) is 49.7 Å². The lowest BCUT2D eigenvalue weighted by molar-refractivity contribution is 0.0724. The molecule has 0 spiro atoms. The fourth-order valence-electron chi connectivity index (χ4n) is 3.95. The first kappa shape index (κ1) is 20.6.